The first-order valence-electron chi connectivity index (χ1n) is 10.5. The Hall–Kier alpha value is -5.28. The van der Waals surface area contributed by atoms with Gasteiger partial charge in [-0.25, -0.2) is 26.8 Å². The number of anilines is 2. The second-order valence-corrected chi connectivity index (χ2v) is 12.0. The molecule has 0 aliphatic heterocycles. The number of quaternary nitrogens is 2. The highest BCUT2D eigenvalue weighted by atomic mass is 32.2. The minimum atomic E-state index is -3.53. The van der Waals surface area contributed by atoms with Gasteiger partial charge in [0.2, 0.25) is 0 Å². The first kappa shape index (κ1) is 38.7. The lowest BCUT2D eigenvalue weighted by Crippen LogP contribution is -2.40. The van der Waals surface area contributed by atoms with Crippen molar-refractivity contribution in [1.29, 1.82) is 0 Å². The summed E-state index contributed by atoms with van der Waals surface area (Å²) in [5, 5.41) is 47.3. The number of hydrogen-bond donors (Lipinski definition) is 5. The molecule has 2 aromatic heterocycles. The predicted molar refractivity (Wildman–Crippen MR) is 153 cm³/mol. The van der Waals surface area contributed by atoms with Gasteiger partial charge < -0.3 is 47.3 Å². The zero-order valence-electron chi connectivity index (χ0n) is 21.6. The highest BCUT2D eigenvalue weighted by molar-refractivity contribution is 7.93. The second-order valence-electron chi connectivity index (χ2n) is 6.86. The van der Waals surface area contributed by atoms with Crippen molar-refractivity contribution in [2.24, 2.45) is 0 Å². The maximum Gasteiger partial charge on any atom is 0.291 e. The van der Waals surface area contributed by atoms with Crippen LogP contribution in [0, 0.1) is 40.8 Å². The second kappa shape index (κ2) is 19.0. The fourth-order valence-electron chi connectivity index (χ4n) is 2.23. The van der Waals surface area contributed by atoms with Crippen LogP contribution in [0.3, 0.4) is 0 Å². The molecule has 240 valence electrons. The monoisotopic (exact) mass is 699 g/mol. The third-order valence-corrected chi connectivity index (χ3v) is 8.12. The molecular weight excluding hydrogens is 679 g/mol. The van der Waals surface area contributed by atoms with E-state index in [2.05, 4.69) is 30.9 Å². The minimum absolute atomic E-state index is 0.204. The van der Waals surface area contributed by atoms with Gasteiger partial charge in [-0.1, -0.05) is 0 Å². The lowest BCUT2D eigenvalue weighted by molar-refractivity contribution is -0.742. The molecule has 0 bridgehead atoms. The molecule has 44 heavy (non-hydrogen) atoms. The maximum atomic E-state index is 11.8. The van der Waals surface area contributed by atoms with Crippen LogP contribution in [-0.2, 0) is 20.0 Å². The van der Waals surface area contributed by atoms with Crippen LogP contribution in [0.1, 0.15) is 0 Å². The third-order valence-electron chi connectivity index (χ3n) is 3.78. The van der Waals surface area contributed by atoms with Gasteiger partial charge in [-0.3, -0.25) is 9.44 Å². The summed E-state index contributed by atoms with van der Waals surface area (Å²) < 4.78 is 52.2. The molecule has 4 aromatic rings. The summed E-state index contributed by atoms with van der Waals surface area (Å²) in [7, 11) is -7.06. The van der Waals surface area contributed by atoms with Gasteiger partial charge in [0.05, 0.1) is 20.0 Å². The first-order valence-corrected chi connectivity index (χ1v) is 15.2. The lowest BCUT2D eigenvalue weighted by Gasteiger charge is -2.04. The molecule has 0 amide bonds. The Morgan fingerprint density at radius 2 is 0.886 bits per heavy atom. The number of sulfonamides is 2. The summed E-state index contributed by atoms with van der Waals surface area (Å²) in [6.07, 6.45) is 3.09. The molecule has 0 atom stereocenters. The van der Waals surface area contributed by atoms with Gasteiger partial charge in [-0.05, 0) is 24.3 Å². The number of benzene rings is 2. The van der Waals surface area contributed by atoms with Gasteiger partial charge in [0.25, 0.3) is 25.1 Å². The van der Waals surface area contributed by atoms with Crippen molar-refractivity contribution in [3.8, 4) is 0 Å². The number of nitrogens with zero attached hydrogens (tertiary/aromatic N) is 5. The molecule has 0 aliphatic carbocycles. The van der Waals surface area contributed by atoms with E-state index in [0.717, 1.165) is 11.4 Å². The zero-order valence-corrected chi connectivity index (χ0v) is 24.8. The van der Waals surface area contributed by atoms with Crippen molar-refractivity contribution in [3.05, 3.63) is 112 Å². The fraction of sp³-hybridized carbons (Fsp3) is 0. The van der Waals surface area contributed by atoms with Crippen LogP contribution in [0.15, 0.2) is 81.5 Å². The van der Waals surface area contributed by atoms with Crippen LogP contribution >= 0.6 is 22.7 Å². The van der Waals surface area contributed by atoms with Crippen molar-refractivity contribution >= 4 is 64.4 Å². The third kappa shape index (κ3) is 18.2. The Bertz CT molecular complexity index is 1500. The number of nitrogens with one attached hydrogen (secondary N) is 2. The van der Waals surface area contributed by atoms with E-state index in [0.29, 0.717) is 10.3 Å². The maximum absolute atomic E-state index is 11.8. The van der Waals surface area contributed by atoms with Crippen LogP contribution in [0.25, 0.3) is 0 Å². The minimum Gasteiger partial charge on any atom is -0.356 e. The van der Waals surface area contributed by atoms with Crippen molar-refractivity contribution in [1.82, 2.24) is 9.97 Å². The molecule has 0 fully saturated rings. The molecule has 0 aliphatic rings. The molecule has 0 radical (unpaired) electrons. The topological polar surface area (TPSA) is 369 Å². The Morgan fingerprint density at radius 3 is 1.09 bits per heavy atom. The number of hydrogen-bond acceptors (Lipinski definition) is 16. The normalized spacial score (nSPS) is 9.86. The van der Waals surface area contributed by atoms with Crippen molar-refractivity contribution in [2.45, 2.75) is 9.79 Å². The summed E-state index contributed by atoms with van der Waals surface area (Å²) in [6, 6.07) is 12.6. The molecule has 0 saturated heterocycles. The average molecular weight is 700 g/mol. The highest BCUT2D eigenvalue weighted by Gasteiger charge is 2.16. The van der Waals surface area contributed by atoms with E-state index >= 15 is 0 Å². The number of aromatic nitrogens is 2. The van der Waals surface area contributed by atoms with Crippen LogP contribution in [0.5, 0.6) is 0 Å². The molecule has 0 spiro atoms. The van der Waals surface area contributed by atoms with Crippen LogP contribution < -0.4 is 20.9 Å². The summed E-state index contributed by atoms with van der Waals surface area (Å²) in [5.41, 5.74) is 8.93. The Morgan fingerprint density at radius 1 is 0.636 bits per heavy atom. The van der Waals surface area contributed by atoms with Gasteiger partial charge in [-0.15, -0.1) is 32.8 Å². The van der Waals surface area contributed by atoms with E-state index in [1.807, 2.05) is 0 Å². The average Bonchev–Trinajstić information content (AvgIpc) is 3.58. The summed E-state index contributed by atoms with van der Waals surface area (Å²) in [5.74, 6) is 0. The Balaban J connectivity index is 0.000000619. The molecule has 2 heterocycles. The van der Waals surface area contributed by atoms with Gasteiger partial charge in [0.15, 0.2) is 10.3 Å². The SMILES string of the molecule is O=[N+]([O-])O.O=[N+]([O-])[O-].O=[N+]([O-])[O-].[NH3+]c1ccc(S(=O)(=O)Nc2nccs2)cc1.[NH3+]c1ccc(S(=O)(=O)Nc2nccs2)cc1. The van der Waals surface area contributed by atoms with Crippen LogP contribution in [0.2, 0.25) is 0 Å². The van der Waals surface area contributed by atoms with Crippen molar-refractivity contribution in [3.63, 3.8) is 0 Å². The smallest absolute Gasteiger partial charge is 0.291 e. The lowest BCUT2D eigenvalue weighted by atomic mass is 10.3. The van der Waals surface area contributed by atoms with E-state index in [1.54, 1.807) is 47.4 Å². The summed E-state index contributed by atoms with van der Waals surface area (Å²) >= 11 is 2.47. The van der Waals surface area contributed by atoms with E-state index in [-0.39, 0.29) is 9.79 Å². The molecule has 4 rings (SSSR count). The standard InChI is InChI=1S/2C9H9N3O2S2.HNO3.2NO3/c2*10-7-1-3-8(4-2-7)16(13,14)12-9-11-5-6-15-9;3*2-1(3)4/h2*1-6H,10H2,(H,11,12);(H,2,3,4);;/q;;;2*-1/p+2. The number of rotatable bonds is 6. The largest absolute Gasteiger partial charge is 0.356 e. The number of thiazole rings is 2. The quantitative estimate of drug-likeness (QED) is 0.137. The van der Waals surface area contributed by atoms with E-state index in [9.17, 15) is 16.8 Å². The van der Waals surface area contributed by atoms with Crippen LogP contribution in [0.4, 0.5) is 21.6 Å². The Labute approximate surface area is 254 Å². The summed E-state index contributed by atoms with van der Waals surface area (Å²) in [4.78, 5) is 33.0. The van der Waals surface area contributed by atoms with Crippen LogP contribution in [-0.4, -0.2) is 47.3 Å². The van der Waals surface area contributed by atoms with Gasteiger partial charge in [0, 0.05) is 47.4 Å². The first-order chi connectivity index (χ1) is 20.4. The summed E-state index contributed by atoms with van der Waals surface area (Å²) in [6.45, 7) is 0. The molecule has 26 heteroatoms. The molecule has 2 aromatic carbocycles. The van der Waals surface area contributed by atoms with Gasteiger partial charge in [-0.2, -0.15) is 0 Å². The Kier molecular flexibility index (Phi) is 16.7. The van der Waals surface area contributed by atoms with Crippen molar-refractivity contribution < 1.29 is 48.8 Å². The van der Waals surface area contributed by atoms with Gasteiger partial charge in [0.1, 0.15) is 11.4 Å². The zero-order chi connectivity index (χ0) is 33.9. The predicted octanol–water partition coefficient (Wildman–Crippen LogP) is 0.809. The fourth-order valence-corrected chi connectivity index (χ4v) is 5.81. The van der Waals surface area contributed by atoms with Gasteiger partial charge >= 0.3 is 0 Å². The van der Waals surface area contributed by atoms with E-state index < -0.39 is 35.3 Å². The molecular formula is C18H21N9O13S4. The van der Waals surface area contributed by atoms with E-state index in [1.165, 1.54) is 46.9 Å². The molecule has 9 N–H and O–H groups in total. The highest BCUT2D eigenvalue weighted by Crippen LogP contribution is 2.19. The molecule has 22 nitrogen and oxygen atoms in total. The van der Waals surface area contributed by atoms with Crippen molar-refractivity contribution in [2.75, 3.05) is 9.44 Å². The molecule has 0 saturated carbocycles. The molecule has 0 unspecified atom stereocenters. The van der Waals surface area contributed by atoms with E-state index in [4.69, 9.17) is 46.0 Å².